The van der Waals surface area contributed by atoms with E-state index in [0.29, 0.717) is 13.1 Å². The number of likely N-dealkylation sites (tertiary alicyclic amines) is 1. The Morgan fingerprint density at radius 3 is 2.42 bits per heavy atom. The molecule has 0 aliphatic carbocycles. The van der Waals surface area contributed by atoms with Gasteiger partial charge in [0, 0.05) is 49.7 Å². The fourth-order valence-electron chi connectivity index (χ4n) is 3.55. The van der Waals surface area contributed by atoms with Crippen LogP contribution in [0.4, 0.5) is 5.69 Å². The van der Waals surface area contributed by atoms with E-state index < -0.39 is 5.60 Å². The van der Waals surface area contributed by atoms with Crippen molar-refractivity contribution in [2.24, 2.45) is 5.92 Å². The molecule has 4 heteroatoms. The molecule has 0 unspecified atom stereocenters. The first-order valence-corrected chi connectivity index (χ1v) is 8.50. The molecule has 2 aromatic rings. The van der Waals surface area contributed by atoms with Crippen LogP contribution in [-0.4, -0.2) is 48.7 Å². The topological polar surface area (TPSA) is 43.8 Å². The van der Waals surface area contributed by atoms with Crippen molar-refractivity contribution >= 4 is 22.4 Å². The molecule has 1 aliphatic heterocycles. The molecule has 1 atom stereocenters. The minimum absolute atomic E-state index is 0.0586. The Kier molecular flexibility index (Phi) is 4.26. The summed E-state index contributed by atoms with van der Waals surface area (Å²) in [7, 11) is 4.02. The molecule has 24 heavy (non-hydrogen) atoms. The van der Waals surface area contributed by atoms with Gasteiger partial charge in [0.15, 0.2) is 0 Å². The van der Waals surface area contributed by atoms with Gasteiger partial charge in [-0.1, -0.05) is 24.3 Å². The zero-order chi connectivity index (χ0) is 17.5. The lowest BCUT2D eigenvalue weighted by molar-refractivity contribution is 0.0211. The monoisotopic (exact) mass is 326 g/mol. The van der Waals surface area contributed by atoms with E-state index >= 15 is 0 Å². The highest BCUT2D eigenvalue weighted by molar-refractivity contribution is 6.10. The summed E-state index contributed by atoms with van der Waals surface area (Å²) in [4.78, 5) is 17.0. The van der Waals surface area contributed by atoms with Gasteiger partial charge in [0.05, 0.1) is 5.60 Å². The second-order valence-corrected chi connectivity index (χ2v) is 7.46. The first-order chi connectivity index (χ1) is 11.3. The van der Waals surface area contributed by atoms with E-state index in [0.717, 1.165) is 28.4 Å². The van der Waals surface area contributed by atoms with Crippen LogP contribution < -0.4 is 4.90 Å². The zero-order valence-corrected chi connectivity index (χ0v) is 14.9. The van der Waals surface area contributed by atoms with Crippen LogP contribution in [0.1, 0.15) is 30.6 Å². The normalized spacial score (nSPS) is 18.2. The number of nitrogens with zero attached hydrogens (tertiary/aromatic N) is 2. The number of carbonyl (C=O) groups is 1. The number of rotatable bonds is 3. The van der Waals surface area contributed by atoms with Crippen LogP contribution in [0.2, 0.25) is 0 Å². The Hall–Kier alpha value is -2.07. The van der Waals surface area contributed by atoms with Crippen LogP contribution in [0, 0.1) is 5.92 Å². The van der Waals surface area contributed by atoms with E-state index in [-0.39, 0.29) is 11.8 Å². The number of hydrogen-bond donors (Lipinski definition) is 1. The highest BCUT2D eigenvalue weighted by Crippen LogP contribution is 2.32. The lowest BCUT2D eigenvalue weighted by Crippen LogP contribution is -2.35. The van der Waals surface area contributed by atoms with Crippen molar-refractivity contribution < 1.29 is 9.90 Å². The molecule has 1 amide bonds. The molecule has 0 bridgehead atoms. The fraction of sp³-hybridized carbons (Fsp3) is 0.450. The molecule has 3 rings (SSSR count). The van der Waals surface area contributed by atoms with Gasteiger partial charge in [-0.2, -0.15) is 0 Å². The fourth-order valence-corrected chi connectivity index (χ4v) is 3.55. The highest BCUT2D eigenvalue weighted by Gasteiger charge is 2.35. The van der Waals surface area contributed by atoms with Gasteiger partial charge in [0.2, 0.25) is 0 Å². The lowest BCUT2D eigenvalue weighted by Gasteiger charge is -2.26. The van der Waals surface area contributed by atoms with Crippen LogP contribution in [-0.2, 0) is 0 Å². The maximum absolute atomic E-state index is 13.0. The molecular formula is C20H26N2O2. The SMILES string of the molecule is CN(C)c1ccc(C(=O)N2CC[C@@H](C(C)(C)O)C2)c2ccccc12. The molecular weight excluding hydrogens is 300 g/mol. The molecule has 128 valence electrons. The van der Waals surface area contributed by atoms with E-state index in [4.69, 9.17) is 0 Å². The van der Waals surface area contributed by atoms with E-state index in [9.17, 15) is 9.90 Å². The molecule has 1 fully saturated rings. The second-order valence-electron chi connectivity index (χ2n) is 7.46. The summed E-state index contributed by atoms with van der Waals surface area (Å²) in [6.45, 7) is 4.98. The average molecular weight is 326 g/mol. The van der Waals surface area contributed by atoms with Crippen LogP contribution in [0.25, 0.3) is 10.8 Å². The molecule has 1 N–H and O–H groups in total. The standard InChI is InChI=1S/C20H26N2O2/c1-20(2,24)14-11-12-22(13-14)19(23)17-9-10-18(21(3)4)16-8-6-5-7-15(16)17/h5-10,14,24H,11-13H2,1-4H3/t14-/m1/s1. The predicted octanol–water partition coefficient (Wildman–Crippen LogP) is 3.14. The quantitative estimate of drug-likeness (QED) is 0.942. The average Bonchev–Trinajstić information content (AvgIpc) is 3.03. The summed E-state index contributed by atoms with van der Waals surface area (Å²) in [6.07, 6.45) is 0.850. The predicted molar refractivity (Wildman–Crippen MR) is 98.6 cm³/mol. The van der Waals surface area contributed by atoms with Crippen molar-refractivity contribution in [1.29, 1.82) is 0 Å². The Morgan fingerprint density at radius 2 is 1.83 bits per heavy atom. The van der Waals surface area contributed by atoms with Gasteiger partial charge in [-0.25, -0.2) is 0 Å². The van der Waals surface area contributed by atoms with Crippen molar-refractivity contribution in [3.05, 3.63) is 42.0 Å². The maximum Gasteiger partial charge on any atom is 0.254 e. The highest BCUT2D eigenvalue weighted by atomic mass is 16.3. The zero-order valence-electron chi connectivity index (χ0n) is 14.9. The van der Waals surface area contributed by atoms with Crippen LogP contribution >= 0.6 is 0 Å². The van der Waals surface area contributed by atoms with E-state index in [2.05, 4.69) is 11.0 Å². The van der Waals surface area contributed by atoms with Gasteiger partial charge in [-0.3, -0.25) is 4.79 Å². The lowest BCUT2D eigenvalue weighted by atomic mass is 9.90. The largest absolute Gasteiger partial charge is 0.390 e. The summed E-state index contributed by atoms with van der Waals surface area (Å²) in [5.41, 5.74) is 1.11. The number of fused-ring (bicyclic) bond motifs is 1. The molecule has 0 aromatic heterocycles. The van der Waals surface area contributed by atoms with Crippen molar-refractivity contribution in [2.75, 3.05) is 32.1 Å². The van der Waals surface area contributed by atoms with Gasteiger partial charge in [-0.15, -0.1) is 0 Å². The van der Waals surface area contributed by atoms with Gasteiger partial charge in [-0.05, 0) is 37.8 Å². The minimum Gasteiger partial charge on any atom is -0.390 e. The molecule has 4 nitrogen and oxygen atoms in total. The second kappa shape index (κ2) is 6.10. The smallest absolute Gasteiger partial charge is 0.254 e. The summed E-state index contributed by atoms with van der Waals surface area (Å²) < 4.78 is 0. The summed E-state index contributed by atoms with van der Waals surface area (Å²) in [5, 5.41) is 12.3. The van der Waals surface area contributed by atoms with Gasteiger partial charge in [0.25, 0.3) is 5.91 Å². The maximum atomic E-state index is 13.0. The summed E-state index contributed by atoms with van der Waals surface area (Å²) >= 11 is 0. The third-order valence-corrected chi connectivity index (χ3v) is 5.09. The van der Waals surface area contributed by atoms with Crippen LogP contribution in [0.5, 0.6) is 0 Å². The molecule has 0 radical (unpaired) electrons. The van der Waals surface area contributed by atoms with E-state index in [1.54, 1.807) is 0 Å². The Morgan fingerprint density at radius 1 is 1.17 bits per heavy atom. The number of hydrogen-bond acceptors (Lipinski definition) is 3. The number of aliphatic hydroxyl groups is 1. The number of benzene rings is 2. The number of amides is 1. The number of carbonyl (C=O) groups excluding carboxylic acids is 1. The van der Waals surface area contributed by atoms with Gasteiger partial charge >= 0.3 is 0 Å². The summed E-state index contributed by atoms with van der Waals surface area (Å²) in [5.74, 6) is 0.192. The van der Waals surface area contributed by atoms with Crippen molar-refractivity contribution in [1.82, 2.24) is 4.90 Å². The van der Waals surface area contributed by atoms with E-state index in [1.807, 2.05) is 63.2 Å². The van der Waals surface area contributed by atoms with Crippen molar-refractivity contribution in [3.63, 3.8) is 0 Å². The third kappa shape index (κ3) is 2.98. The van der Waals surface area contributed by atoms with Crippen molar-refractivity contribution in [2.45, 2.75) is 25.9 Å². The van der Waals surface area contributed by atoms with Crippen LogP contribution in [0.3, 0.4) is 0 Å². The minimum atomic E-state index is -0.744. The Balaban J connectivity index is 1.96. The molecule has 0 spiro atoms. The molecule has 2 aromatic carbocycles. The molecule has 1 aliphatic rings. The Bertz CT molecular complexity index is 762. The molecule has 0 saturated carbocycles. The molecule has 1 heterocycles. The van der Waals surface area contributed by atoms with Gasteiger partial charge < -0.3 is 14.9 Å². The van der Waals surface area contributed by atoms with E-state index in [1.165, 1.54) is 0 Å². The van der Waals surface area contributed by atoms with Crippen LogP contribution in [0.15, 0.2) is 36.4 Å². The Labute approximate surface area is 143 Å². The molecule has 1 saturated heterocycles. The van der Waals surface area contributed by atoms with Gasteiger partial charge in [0.1, 0.15) is 0 Å². The summed E-state index contributed by atoms with van der Waals surface area (Å²) in [6, 6.07) is 12.0. The first kappa shape index (κ1) is 16.8. The van der Waals surface area contributed by atoms with Crippen molar-refractivity contribution in [3.8, 4) is 0 Å². The number of anilines is 1. The third-order valence-electron chi connectivity index (χ3n) is 5.09. The first-order valence-electron chi connectivity index (χ1n) is 8.50.